The van der Waals surface area contributed by atoms with Crippen molar-refractivity contribution in [1.82, 2.24) is 0 Å². The Balaban J connectivity index is 2.06. The number of thioether (sulfide) groups is 1. The summed E-state index contributed by atoms with van der Waals surface area (Å²) in [5, 5.41) is 0. The van der Waals surface area contributed by atoms with Gasteiger partial charge in [-0.15, -0.1) is 11.8 Å². The van der Waals surface area contributed by atoms with Gasteiger partial charge in [-0.2, -0.15) is 0 Å². The van der Waals surface area contributed by atoms with Crippen LogP contribution in [0.25, 0.3) is 0 Å². The lowest BCUT2D eigenvalue weighted by atomic mass is 10.1. The highest BCUT2D eigenvalue weighted by Gasteiger charge is 2.01. The van der Waals surface area contributed by atoms with Crippen LogP contribution in [0.5, 0.6) is 0 Å². The Labute approximate surface area is 103 Å². The highest BCUT2D eigenvalue weighted by atomic mass is 32.2. The smallest absolute Gasteiger partial charge is 0.132 e. The zero-order valence-corrected chi connectivity index (χ0v) is 10.8. The van der Waals surface area contributed by atoms with Crippen LogP contribution >= 0.6 is 11.8 Å². The molecule has 0 aliphatic carbocycles. The van der Waals surface area contributed by atoms with Gasteiger partial charge in [0.2, 0.25) is 0 Å². The molecule has 1 rings (SSSR count). The molecule has 0 N–H and O–H groups in total. The van der Waals surface area contributed by atoms with E-state index in [0.717, 1.165) is 37.9 Å². The van der Waals surface area contributed by atoms with Gasteiger partial charge in [0.25, 0.3) is 0 Å². The standard InChI is InChI=1S/C14H20OS/c1-2-3-8-13(15)9-7-12-16-14-10-5-4-6-11-14/h4-6,10-11H,2-3,7-9,12H2,1H3. The van der Waals surface area contributed by atoms with Gasteiger partial charge in [-0.3, -0.25) is 4.79 Å². The Hall–Kier alpha value is -0.760. The van der Waals surface area contributed by atoms with Crippen molar-refractivity contribution in [2.24, 2.45) is 0 Å². The van der Waals surface area contributed by atoms with Gasteiger partial charge in [0.1, 0.15) is 5.78 Å². The van der Waals surface area contributed by atoms with Crippen LogP contribution in [0.3, 0.4) is 0 Å². The Morgan fingerprint density at radius 1 is 1.12 bits per heavy atom. The zero-order chi connectivity index (χ0) is 11.6. The van der Waals surface area contributed by atoms with Crippen LogP contribution in [-0.4, -0.2) is 11.5 Å². The van der Waals surface area contributed by atoms with Crippen molar-refractivity contribution < 1.29 is 4.79 Å². The molecule has 0 radical (unpaired) electrons. The maximum absolute atomic E-state index is 11.4. The van der Waals surface area contributed by atoms with Crippen LogP contribution in [0.4, 0.5) is 0 Å². The highest BCUT2D eigenvalue weighted by molar-refractivity contribution is 7.99. The van der Waals surface area contributed by atoms with Crippen LogP contribution in [0.15, 0.2) is 35.2 Å². The van der Waals surface area contributed by atoms with Gasteiger partial charge in [0.15, 0.2) is 0 Å². The number of ketones is 1. The summed E-state index contributed by atoms with van der Waals surface area (Å²) in [7, 11) is 0. The average Bonchev–Trinajstić information content (AvgIpc) is 2.33. The SMILES string of the molecule is CCCCC(=O)CCCSc1ccccc1. The fourth-order valence-electron chi connectivity index (χ4n) is 1.48. The number of carbonyl (C=O) groups is 1. The molecular formula is C14H20OS. The second kappa shape index (κ2) is 8.40. The molecule has 0 atom stereocenters. The first-order valence-electron chi connectivity index (χ1n) is 6.02. The van der Waals surface area contributed by atoms with Crippen molar-refractivity contribution in [2.45, 2.75) is 43.9 Å². The van der Waals surface area contributed by atoms with E-state index in [0.29, 0.717) is 5.78 Å². The third-order valence-electron chi connectivity index (χ3n) is 2.42. The number of hydrogen-bond donors (Lipinski definition) is 0. The third kappa shape index (κ3) is 5.96. The molecule has 0 saturated carbocycles. The lowest BCUT2D eigenvalue weighted by molar-refractivity contribution is -0.119. The fourth-order valence-corrected chi connectivity index (χ4v) is 2.35. The Morgan fingerprint density at radius 2 is 1.81 bits per heavy atom. The fraction of sp³-hybridized carbons (Fsp3) is 0.500. The number of unbranched alkanes of at least 4 members (excludes halogenated alkanes) is 1. The number of benzene rings is 1. The average molecular weight is 236 g/mol. The van der Waals surface area contributed by atoms with Crippen LogP contribution in [0.1, 0.15) is 39.0 Å². The molecule has 88 valence electrons. The minimum Gasteiger partial charge on any atom is -0.300 e. The number of rotatable bonds is 8. The number of hydrogen-bond acceptors (Lipinski definition) is 2. The zero-order valence-electron chi connectivity index (χ0n) is 9.95. The lowest BCUT2D eigenvalue weighted by Gasteiger charge is -2.01. The monoisotopic (exact) mass is 236 g/mol. The minimum atomic E-state index is 0.426. The largest absolute Gasteiger partial charge is 0.300 e. The van der Waals surface area contributed by atoms with E-state index < -0.39 is 0 Å². The molecule has 1 nitrogen and oxygen atoms in total. The van der Waals surface area contributed by atoms with Gasteiger partial charge in [0, 0.05) is 17.7 Å². The summed E-state index contributed by atoms with van der Waals surface area (Å²) >= 11 is 1.83. The summed E-state index contributed by atoms with van der Waals surface area (Å²) in [6, 6.07) is 10.4. The molecule has 0 unspecified atom stereocenters. The van der Waals surface area contributed by atoms with Crippen molar-refractivity contribution in [3.8, 4) is 0 Å². The summed E-state index contributed by atoms with van der Waals surface area (Å²) in [6.07, 6.45) is 4.68. The summed E-state index contributed by atoms with van der Waals surface area (Å²) in [6.45, 7) is 2.12. The Bertz CT molecular complexity index is 295. The summed E-state index contributed by atoms with van der Waals surface area (Å²) in [5.41, 5.74) is 0. The van der Waals surface area contributed by atoms with Gasteiger partial charge < -0.3 is 0 Å². The molecule has 0 fully saturated rings. The van der Waals surface area contributed by atoms with Crippen molar-refractivity contribution >= 4 is 17.5 Å². The van der Waals surface area contributed by atoms with E-state index in [9.17, 15) is 4.79 Å². The van der Waals surface area contributed by atoms with Crippen LogP contribution < -0.4 is 0 Å². The summed E-state index contributed by atoms with van der Waals surface area (Å²) in [4.78, 5) is 12.7. The van der Waals surface area contributed by atoms with Gasteiger partial charge in [0.05, 0.1) is 0 Å². The topological polar surface area (TPSA) is 17.1 Å². The van der Waals surface area contributed by atoms with E-state index in [1.165, 1.54) is 4.90 Å². The van der Waals surface area contributed by atoms with Crippen molar-refractivity contribution in [3.63, 3.8) is 0 Å². The van der Waals surface area contributed by atoms with Crippen LogP contribution in [0, 0.1) is 0 Å². The molecule has 0 amide bonds. The maximum atomic E-state index is 11.4. The van der Waals surface area contributed by atoms with E-state index in [4.69, 9.17) is 0 Å². The lowest BCUT2D eigenvalue weighted by Crippen LogP contribution is -1.97. The molecule has 0 aliphatic rings. The molecule has 0 bridgehead atoms. The molecule has 0 aliphatic heterocycles. The van der Waals surface area contributed by atoms with E-state index in [-0.39, 0.29) is 0 Å². The van der Waals surface area contributed by atoms with Crippen molar-refractivity contribution in [3.05, 3.63) is 30.3 Å². The quantitative estimate of drug-likeness (QED) is 0.494. The normalized spacial score (nSPS) is 10.3. The van der Waals surface area contributed by atoms with E-state index in [2.05, 4.69) is 31.2 Å². The first-order chi connectivity index (χ1) is 7.83. The molecule has 0 heterocycles. The van der Waals surface area contributed by atoms with Gasteiger partial charge in [-0.1, -0.05) is 31.5 Å². The van der Waals surface area contributed by atoms with Crippen LogP contribution in [0.2, 0.25) is 0 Å². The number of carbonyl (C=O) groups excluding carboxylic acids is 1. The van der Waals surface area contributed by atoms with Crippen molar-refractivity contribution in [1.29, 1.82) is 0 Å². The Kier molecular flexibility index (Phi) is 6.98. The molecule has 2 heteroatoms. The van der Waals surface area contributed by atoms with Gasteiger partial charge >= 0.3 is 0 Å². The highest BCUT2D eigenvalue weighted by Crippen LogP contribution is 2.18. The van der Waals surface area contributed by atoms with E-state index >= 15 is 0 Å². The van der Waals surface area contributed by atoms with Crippen LogP contribution in [-0.2, 0) is 4.79 Å². The predicted octanol–water partition coefficient (Wildman–Crippen LogP) is 4.32. The molecule has 16 heavy (non-hydrogen) atoms. The molecule has 0 saturated heterocycles. The maximum Gasteiger partial charge on any atom is 0.132 e. The summed E-state index contributed by atoms with van der Waals surface area (Å²) in [5.74, 6) is 1.47. The second-order valence-corrected chi connectivity index (χ2v) is 5.08. The molecule has 1 aromatic rings. The third-order valence-corrected chi connectivity index (χ3v) is 3.52. The first kappa shape index (κ1) is 13.3. The Morgan fingerprint density at radius 3 is 2.50 bits per heavy atom. The number of Topliss-reactive ketones (excluding diaryl/α,β-unsaturated/α-hetero) is 1. The minimum absolute atomic E-state index is 0.426. The first-order valence-corrected chi connectivity index (χ1v) is 7.01. The van der Waals surface area contributed by atoms with E-state index in [1.54, 1.807) is 0 Å². The molecule has 1 aromatic carbocycles. The second-order valence-electron chi connectivity index (χ2n) is 3.91. The van der Waals surface area contributed by atoms with Gasteiger partial charge in [-0.25, -0.2) is 0 Å². The van der Waals surface area contributed by atoms with Crippen molar-refractivity contribution in [2.75, 3.05) is 5.75 Å². The summed E-state index contributed by atoms with van der Waals surface area (Å²) < 4.78 is 0. The molecule has 0 aromatic heterocycles. The van der Waals surface area contributed by atoms with Gasteiger partial charge in [-0.05, 0) is 30.7 Å². The predicted molar refractivity (Wildman–Crippen MR) is 70.9 cm³/mol. The molecular weight excluding hydrogens is 216 g/mol. The molecule has 0 spiro atoms. The van der Waals surface area contributed by atoms with E-state index in [1.807, 2.05) is 17.8 Å².